The molecular weight excluding hydrogens is 306 g/mol. The number of hydrogen-bond donors (Lipinski definition) is 0. The lowest BCUT2D eigenvalue weighted by Gasteiger charge is -2.36. The first-order valence-corrected chi connectivity index (χ1v) is 7.69. The molecule has 0 bridgehead atoms. The lowest BCUT2D eigenvalue weighted by atomic mass is 9.69. The van der Waals surface area contributed by atoms with Crippen LogP contribution < -0.4 is 0 Å². The molecule has 2 rings (SSSR count). The van der Waals surface area contributed by atoms with Crippen LogP contribution in [0.3, 0.4) is 0 Å². The molecule has 19 heavy (non-hydrogen) atoms. The van der Waals surface area contributed by atoms with Gasteiger partial charge in [-0.25, -0.2) is 4.68 Å². The third-order valence-electron chi connectivity index (χ3n) is 4.34. The molecule has 0 N–H and O–H groups in total. The summed E-state index contributed by atoms with van der Waals surface area (Å²) in [5.74, 6) is 1.04. The summed E-state index contributed by atoms with van der Waals surface area (Å²) < 4.78 is 2.14. The van der Waals surface area contributed by atoms with E-state index in [4.69, 9.17) is 0 Å². The maximum Gasteiger partial charge on any atom is 0.186 e. The normalized spacial score (nSPS) is 24.5. The average molecular weight is 328 g/mol. The lowest BCUT2D eigenvalue weighted by molar-refractivity contribution is 0.0809. The summed E-state index contributed by atoms with van der Waals surface area (Å²) >= 11 is 3.31. The molecule has 1 aliphatic rings. The molecule has 1 aliphatic carbocycles. The van der Waals surface area contributed by atoms with Crippen molar-refractivity contribution < 1.29 is 4.79 Å². The Kier molecular flexibility index (Phi) is 4.14. The molecule has 0 saturated heterocycles. The minimum Gasteiger partial charge on any atom is -0.292 e. The fraction of sp³-hybridized carbons (Fsp3) is 0.786. The van der Waals surface area contributed by atoms with Gasteiger partial charge in [-0.3, -0.25) is 4.79 Å². The van der Waals surface area contributed by atoms with Gasteiger partial charge < -0.3 is 0 Å². The summed E-state index contributed by atoms with van der Waals surface area (Å²) in [5.41, 5.74) is 0.960. The van der Waals surface area contributed by atoms with Crippen molar-refractivity contribution >= 4 is 21.7 Å². The van der Waals surface area contributed by atoms with E-state index in [2.05, 4.69) is 47.0 Å². The monoisotopic (exact) mass is 327 g/mol. The van der Waals surface area contributed by atoms with Crippen LogP contribution in [0.5, 0.6) is 0 Å². The van der Waals surface area contributed by atoms with Crippen molar-refractivity contribution in [3.05, 3.63) is 10.3 Å². The van der Waals surface area contributed by atoms with Crippen LogP contribution in [0.1, 0.15) is 56.9 Å². The molecule has 5 heteroatoms. The molecule has 0 atom stereocenters. The zero-order chi connectivity index (χ0) is 14.2. The molecule has 4 nitrogen and oxygen atoms in total. The fourth-order valence-corrected chi connectivity index (χ4v) is 3.53. The second-order valence-corrected chi connectivity index (χ2v) is 7.38. The number of rotatable bonds is 2. The standard InChI is InChI=1S/C14H22BrN3O/c1-14(2,3)10-7-5-9(6-8-10)12(19)11-13(15)16-17-18(11)4/h9-10H,5-8H2,1-4H3. The predicted octanol–water partition coefficient (Wildman–Crippen LogP) is 3.61. The molecule has 0 radical (unpaired) electrons. The predicted molar refractivity (Wildman–Crippen MR) is 77.9 cm³/mol. The Morgan fingerprint density at radius 2 is 1.84 bits per heavy atom. The van der Waals surface area contributed by atoms with Gasteiger partial charge in [0.2, 0.25) is 0 Å². The maximum atomic E-state index is 12.5. The van der Waals surface area contributed by atoms with Crippen LogP contribution in [0.25, 0.3) is 0 Å². The van der Waals surface area contributed by atoms with E-state index in [0.717, 1.165) is 31.6 Å². The van der Waals surface area contributed by atoms with Gasteiger partial charge in [0.25, 0.3) is 0 Å². The molecule has 1 aromatic heterocycles. The largest absolute Gasteiger partial charge is 0.292 e. The Balaban J connectivity index is 2.04. The second-order valence-electron chi connectivity index (χ2n) is 6.63. The van der Waals surface area contributed by atoms with Gasteiger partial charge >= 0.3 is 0 Å². The molecule has 0 amide bonds. The second kappa shape index (κ2) is 5.35. The van der Waals surface area contributed by atoms with Gasteiger partial charge in [0, 0.05) is 13.0 Å². The number of nitrogens with zero attached hydrogens (tertiary/aromatic N) is 3. The Morgan fingerprint density at radius 1 is 1.26 bits per heavy atom. The highest BCUT2D eigenvalue weighted by atomic mass is 79.9. The van der Waals surface area contributed by atoms with Gasteiger partial charge in [-0.05, 0) is 52.9 Å². The highest BCUT2D eigenvalue weighted by Crippen LogP contribution is 2.40. The van der Waals surface area contributed by atoms with Gasteiger partial charge in [-0.1, -0.05) is 26.0 Å². The third kappa shape index (κ3) is 3.07. The van der Waals surface area contributed by atoms with Crippen LogP contribution in [-0.2, 0) is 7.05 Å². The third-order valence-corrected chi connectivity index (χ3v) is 4.88. The summed E-state index contributed by atoms with van der Waals surface area (Å²) in [6, 6.07) is 0. The van der Waals surface area contributed by atoms with Crippen molar-refractivity contribution in [2.45, 2.75) is 46.5 Å². The number of carbonyl (C=O) groups excluding carboxylic acids is 1. The Labute approximate surface area is 123 Å². The van der Waals surface area contributed by atoms with E-state index >= 15 is 0 Å². The molecule has 1 aromatic rings. The van der Waals surface area contributed by atoms with Crippen LogP contribution >= 0.6 is 15.9 Å². The Morgan fingerprint density at radius 3 is 2.26 bits per heavy atom. The summed E-state index contributed by atoms with van der Waals surface area (Å²) in [6.07, 6.45) is 4.25. The zero-order valence-corrected chi connectivity index (χ0v) is 13.7. The van der Waals surface area contributed by atoms with E-state index in [1.54, 1.807) is 11.7 Å². The first-order chi connectivity index (χ1) is 8.80. The SMILES string of the molecule is Cn1nnc(Br)c1C(=O)C1CCC(C(C)(C)C)CC1. The maximum absolute atomic E-state index is 12.5. The van der Waals surface area contributed by atoms with Crippen molar-refractivity contribution in [1.29, 1.82) is 0 Å². The number of hydrogen-bond acceptors (Lipinski definition) is 3. The lowest BCUT2D eigenvalue weighted by Crippen LogP contribution is -2.29. The van der Waals surface area contributed by atoms with Gasteiger partial charge in [0.15, 0.2) is 10.4 Å². The van der Waals surface area contributed by atoms with Crippen molar-refractivity contribution in [3.8, 4) is 0 Å². The van der Waals surface area contributed by atoms with Gasteiger partial charge in [0.05, 0.1) is 0 Å². The molecule has 0 spiro atoms. The quantitative estimate of drug-likeness (QED) is 0.779. The number of Topliss-reactive ketones (excluding diaryl/α,β-unsaturated/α-hetero) is 1. The number of halogens is 1. The van der Waals surface area contributed by atoms with E-state index in [1.165, 1.54) is 0 Å². The van der Waals surface area contributed by atoms with Crippen LogP contribution in [0, 0.1) is 17.3 Å². The van der Waals surface area contributed by atoms with Gasteiger partial charge in [-0.2, -0.15) is 0 Å². The number of aryl methyl sites for hydroxylation is 1. The summed E-state index contributed by atoms with van der Waals surface area (Å²) in [6.45, 7) is 6.88. The first-order valence-electron chi connectivity index (χ1n) is 6.90. The molecule has 1 fully saturated rings. The molecule has 1 heterocycles. The van der Waals surface area contributed by atoms with Crippen LogP contribution in [-0.4, -0.2) is 20.8 Å². The van der Waals surface area contributed by atoms with E-state index < -0.39 is 0 Å². The van der Waals surface area contributed by atoms with E-state index in [0.29, 0.717) is 15.7 Å². The van der Waals surface area contributed by atoms with Crippen LogP contribution in [0.2, 0.25) is 0 Å². The number of carbonyl (C=O) groups is 1. The summed E-state index contributed by atoms with van der Waals surface area (Å²) in [5, 5.41) is 7.78. The van der Waals surface area contributed by atoms with Gasteiger partial charge in [0.1, 0.15) is 5.69 Å². The smallest absolute Gasteiger partial charge is 0.186 e. The van der Waals surface area contributed by atoms with Crippen molar-refractivity contribution in [1.82, 2.24) is 15.0 Å². The fourth-order valence-electron chi connectivity index (χ4n) is 3.01. The topological polar surface area (TPSA) is 47.8 Å². The molecular formula is C14H22BrN3O. The van der Waals surface area contributed by atoms with Crippen LogP contribution in [0.15, 0.2) is 4.60 Å². The highest BCUT2D eigenvalue weighted by molar-refractivity contribution is 9.10. The Bertz CT molecular complexity index is 448. The minimum absolute atomic E-state index is 0.132. The van der Waals surface area contributed by atoms with E-state index in [9.17, 15) is 4.79 Å². The van der Waals surface area contributed by atoms with Crippen LogP contribution in [0.4, 0.5) is 0 Å². The molecule has 1 saturated carbocycles. The summed E-state index contributed by atoms with van der Waals surface area (Å²) in [4.78, 5) is 12.5. The molecule has 0 aliphatic heterocycles. The van der Waals surface area contributed by atoms with E-state index in [-0.39, 0.29) is 11.7 Å². The van der Waals surface area contributed by atoms with Crippen molar-refractivity contribution in [2.75, 3.05) is 0 Å². The number of aromatic nitrogens is 3. The van der Waals surface area contributed by atoms with Crippen molar-refractivity contribution in [2.24, 2.45) is 24.3 Å². The minimum atomic E-state index is 0.132. The highest BCUT2D eigenvalue weighted by Gasteiger charge is 2.34. The zero-order valence-electron chi connectivity index (χ0n) is 12.1. The molecule has 0 aromatic carbocycles. The number of ketones is 1. The Hall–Kier alpha value is -0.710. The van der Waals surface area contributed by atoms with Crippen molar-refractivity contribution in [3.63, 3.8) is 0 Å². The molecule has 0 unspecified atom stereocenters. The molecule has 106 valence electrons. The first kappa shape index (κ1) is 14.7. The van der Waals surface area contributed by atoms with Gasteiger partial charge in [-0.15, -0.1) is 5.10 Å². The summed E-state index contributed by atoms with van der Waals surface area (Å²) in [7, 11) is 1.77. The average Bonchev–Trinajstić information content (AvgIpc) is 2.67. The van der Waals surface area contributed by atoms with E-state index in [1.807, 2.05) is 0 Å².